The number of hydrogen-bond acceptors (Lipinski definition) is 2. The van der Waals surface area contributed by atoms with Crippen LogP contribution in [0.4, 0.5) is 4.39 Å². The lowest BCUT2D eigenvalue weighted by molar-refractivity contribution is 0.597. The summed E-state index contributed by atoms with van der Waals surface area (Å²) in [7, 11) is 0. The Morgan fingerprint density at radius 1 is 1.05 bits per heavy atom. The van der Waals surface area contributed by atoms with Gasteiger partial charge in [0.1, 0.15) is 5.82 Å². The predicted octanol–water partition coefficient (Wildman–Crippen LogP) is 4.79. The highest BCUT2D eigenvalue weighted by Gasteiger charge is 2.09. The molecule has 0 radical (unpaired) electrons. The van der Waals surface area contributed by atoms with Gasteiger partial charge >= 0.3 is 0 Å². The molecule has 2 N–H and O–H groups in total. The zero-order chi connectivity index (χ0) is 14.5. The molecule has 0 aliphatic heterocycles. The number of thioether (sulfide) groups is 1. The van der Waals surface area contributed by atoms with Crippen LogP contribution >= 0.6 is 35.0 Å². The second kappa shape index (κ2) is 7.32. The predicted molar refractivity (Wildman–Crippen MR) is 85.3 cm³/mol. The minimum Gasteiger partial charge on any atom is -0.327 e. The van der Waals surface area contributed by atoms with Gasteiger partial charge in [0.05, 0.1) is 0 Å². The highest BCUT2D eigenvalue weighted by molar-refractivity contribution is 7.99. The third-order valence-corrected chi connectivity index (χ3v) is 4.45. The first-order chi connectivity index (χ1) is 9.54. The van der Waals surface area contributed by atoms with E-state index in [1.165, 1.54) is 12.1 Å². The van der Waals surface area contributed by atoms with Gasteiger partial charge in [0.2, 0.25) is 0 Å². The van der Waals surface area contributed by atoms with Crippen molar-refractivity contribution in [2.24, 2.45) is 5.73 Å². The molecule has 2 aromatic carbocycles. The second-order valence-corrected chi connectivity index (χ2v) is 6.43. The number of nitrogens with two attached hydrogens (primary N) is 1. The summed E-state index contributed by atoms with van der Waals surface area (Å²) >= 11 is 13.3. The molecule has 0 aliphatic rings. The van der Waals surface area contributed by atoms with Crippen LogP contribution in [0, 0.1) is 5.82 Å². The highest BCUT2D eigenvalue weighted by atomic mass is 35.5. The molecule has 1 atom stereocenters. The zero-order valence-corrected chi connectivity index (χ0v) is 13.0. The van der Waals surface area contributed by atoms with E-state index in [1.807, 2.05) is 24.3 Å². The Morgan fingerprint density at radius 3 is 2.40 bits per heavy atom. The molecule has 0 bridgehead atoms. The SMILES string of the molecule is NC(CSc1ccc(Cl)cc1)Cc1cc(Cl)ccc1F. The molecule has 2 rings (SSSR count). The third-order valence-electron chi connectivity index (χ3n) is 2.77. The monoisotopic (exact) mass is 329 g/mol. The average molecular weight is 330 g/mol. The van der Waals surface area contributed by atoms with Crippen molar-refractivity contribution in [1.82, 2.24) is 0 Å². The van der Waals surface area contributed by atoms with E-state index in [-0.39, 0.29) is 11.9 Å². The molecule has 20 heavy (non-hydrogen) atoms. The topological polar surface area (TPSA) is 26.0 Å². The molecule has 0 aliphatic carbocycles. The van der Waals surface area contributed by atoms with Gasteiger partial charge in [0, 0.05) is 26.7 Å². The molecule has 0 aromatic heterocycles. The van der Waals surface area contributed by atoms with Crippen molar-refractivity contribution in [3.05, 3.63) is 63.9 Å². The molecule has 1 unspecified atom stereocenters. The van der Waals surface area contributed by atoms with E-state index in [0.29, 0.717) is 27.8 Å². The lowest BCUT2D eigenvalue weighted by atomic mass is 10.1. The smallest absolute Gasteiger partial charge is 0.126 e. The maximum atomic E-state index is 13.6. The molecule has 1 nitrogen and oxygen atoms in total. The molecule has 0 fully saturated rings. The van der Waals surface area contributed by atoms with Gasteiger partial charge in [-0.25, -0.2) is 4.39 Å². The van der Waals surface area contributed by atoms with Crippen molar-refractivity contribution in [2.45, 2.75) is 17.4 Å². The Hall–Kier alpha value is -0.740. The average Bonchev–Trinajstić information content (AvgIpc) is 2.42. The molecular formula is C15H14Cl2FNS. The Balaban J connectivity index is 1.90. The van der Waals surface area contributed by atoms with Crippen molar-refractivity contribution >= 4 is 35.0 Å². The summed E-state index contributed by atoms with van der Waals surface area (Å²) in [5, 5.41) is 1.23. The van der Waals surface area contributed by atoms with Crippen LogP contribution in [0.15, 0.2) is 47.4 Å². The van der Waals surface area contributed by atoms with Crippen LogP contribution in [-0.2, 0) is 6.42 Å². The molecule has 0 saturated carbocycles. The first-order valence-corrected chi connectivity index (χ1v) is 7.86. The Morgan fingerprint density at radius 2 is 1.70 bits per heavy atom. The molecule has 5 heteroatoms. The number of halogens is 3. The van der Waals surface area contributed by atoms with Crippen LogP contribution in [0.2, 0.25) is 10.0 Å². The summed E-state index contributed by atoms with van der Waals surface area (Å²) in [6.07, 6.45) is 0.465. The second-order valence-electron chi connectivity index (χ2n) is 4.46. The lowest BCUT2D eigenvalue weighted by Gasteiger charge is -2.12. The first-order valence-electron chi connectivity index (χ1n) is 6.12. The quantitative estimate of drug-likeness (QED) is 0.798. The minimum absolute atomic E-state index is 0.136. The van der Waals surface area contributed by atoms with Crippen molar-refractivity contribution < 1.29 is 4.39 Å². The number of benzene rings is 2. The summed E-state index contributed by atoms with van der Waals surface area (Å²) in [5.41, 5.74) is 6.60. The Kier molecular flexibility index (Phi) is 5.73. The van der Waals surface area contributed by atoms with Gasteiger partial charge in [0.15, 0.2) is 0 Å². The first kappa shape index (κ1) is 15.6. The Bertz CT molecular complexity index is 575. The largest absolute Gasteiger partial charge is 0.327 e. The highest BCUT2D eigenvalue weighted by Crippen LogP contribution is 2.22. The van der Waals surface area contributed by atoms with Gasteiger partial charge in [-0.15, -0.1) is 11.8 Å². The fourth-order valence-electron chi connectivity index (χ4n) is 1.78. The van der Waals surface area contributed by atoms with Gasteiger partial charge in [0.25, 0.3) is 0 Å². The Labute approximate surface area is 132 Å². The summed E-state index contributed by atoms with van der Waals surface area (Å²) in [6.45, 7) is 0. The van der Waals surface area contributed by atoms with Crippen LogP contribution in [0.1, 0.15) is 5.56 Å². The van der Waals surface area contributed by atoms with E-state index in [2.05, 4.69) is 0 Å². The van der Waals surface area contributed by atoms with E-state index in [0.717, 1.165) is 4.90 Å². The van der Waals surface area contributed by atoms with Crippen molar-refractivity contribution in [3.8, 4) is 0 Å². The van der Waals surface area contributed by atoms with E-state index in [4.69, 9.17) is 28.9 Å². The minimum atomic E-state index is -0.263. The van der Waals surface area contributed by atoms with Gasteiger partial charge in [-0.2, -0.15) is 0 Å². The molecular weight excluding hydrogens is 316 g/mol. The molecule has 0 amide bonds. The lowest BCUT2D eigenvalue weighted by Crippen LogP contribution is -2.26. The summed E-state index contributed by atoms with van der Waals surface area (Å²) in [6, 6.07) is 12.0. The number of hydrogen-bond donors (Lipinski definition) is 1. The van der Waals surface area contributed by atoms with E-state index < -0.39 is 0 Å². The molecule has 106 valence electrons. The normalized spacial score (nSPS) is 12.4. The molecule has 2 aromatic rings. The molecule has 0 saturated heterocycles. The zero-order valence-electron chi connectivity index (χ0n) is 10.7. The molecule has 0 heterocycles. The fraction of sp³-hybridized carbons (Fsp3) is 0.200. The summed E-state index contributed by atoms with van der Waals surface area (Å²) < 4.78 is 13.6. The van der Waals surface area contributed by atoms with Crippen molar-refractivity contribution in [1.29, 1.82) is 0 Å². The maximum absolute atomic E-state index is 13.6. The summed E-state index contributed by atoms with van der Waals surface area (Å²) in [4.78, 5) is 1.09. The van der Waals surface area contributed by atoms with Crippen LogP contribution in [0.5, 0.6) is 0 Å². The maximum Gasteiger partial charge on any atom is 0.126 e. The van der Waals surface area contributed by atoms with Crippen molar-refractivity contribution in [3.63, 3.8) is 0 Å². The van der Waals surface area contributed by atoms with Gasteiger partial charge in [-0.1, -0.05) is 23.2 Å². The van der Waals surface area contributed by atoms with Crippen LogP contribution in [0.25, 0.3) is 0 Å². The van der Waals surface area contributed by atoms with Crippen LogP contribution in [0.3, 0.4) is 0 Å². The van der Waals surface area contributed by atoms with E-state index in [9.17, 15) is 4.39 Å². The fourth-order valence-corrected chi connectivity index (χ4v) is 2.95. The van der Waals surface area contributed by atoms with Gasteiger partial charge in [-0.3, -0.25) is 0 Å². The van der Waals surface area contributed by atoms with Crippen molar-refractivity contribution in [2.75, 3.05) is 5.75 Å². The van der Waals surface area contributed by atoms with Gasteiger partial charge in [-0.05, 0) is 54.4 Å². The van der Waals surface area contributed by atoms with Gasteiger partial charge < -0.3 is 5.73 Å². The summed E-state index contributed by atoms with van der Waals surface area (Å²) in [5.74, 6) is 0.439. The van der Waals surface area contributed by atoms with E-state index >= 15 is 0 Å². The number of rotatable bonds is 5. The van der Waals surface area contributed by atoms with E-state index in [1.54, 1.807) is 17.8 Å². The van der Waals surface area contributed by atoms with Crippen LogP contribution < -0.4 is 5.73 Å². The molecule has 0 spiro atoms. The van der Waals surface area contributed by atoms with Crippen LogP contribution in [-0.4, -0.2) is 11.8 Å². The standard InChI is InChI=1S/C15H14Cl2FNS/c16-11-1-4-14(5-2-11)20-9-13(19)8-10-7-12(17)3-6-15(10)18/h1-7,13H,8-9,19H2. The third kappa shape index (κ3) is 4.67.